The largest absolute Gasteiger partial charge is 0.293 e. The third-order valence-corrected chi connectivity index (χ3v) is 5.67. The van der Waals surface area contributed by atoms with Crippen molar-refractivity contribution in [2.45, 2.75) is 25.8 Å². The van der Waals surface area contributed by atoms with Crippen LogP contribution in [0.15, 0.2) is 91.0 Å². The van der Waals surface area contributed by atoms with E-state index in [1.54, 1.807) is 0 Å². The second kappa shape index (κ2) is 8.37. The van der Waals surface area contributed by atoms with E-state index in [1.807, 2.05) is 0 Å². The van der Waals surface area contributed by atoms with Gasteiger partial charge in [0.15, 0.2) is 0 Å². The van der Waals surface area contributed by atoms with Crippen LogP contribution >= 0.6 is 0 Å². The molecule has 1 heterocycles. The van der Waals surface area contributed by atoms with Crippen LogP contribution in [0.3, 0.4) is 0 Å². The van der Waals surface area contributed by atoms with Gasteiger partial charge < -0.3 is 0 Å². The highest BCUT2D eigenvalue weighted by molar-refractivity contribution is 5.69. The first kappa shape index (κ1) is 17.8. The van der Waals surface area contributed by atoms with Crippen LogP contribution in [0.1, 0.15) is 41.6 Å². The molecule has 1 aliphatic heterocycles. The predicted octanol–water partition coefficient (Wildman–Crippen LogP) is 6.13. The molecule has 0 saturated heterocycles. The van der Waals surface area contributed by atoms with E-state index in [4.69, 9.17) is 0 Å². The van der Waals surface area contributed by atoms with Crippen molar-refractivity contribution in [1.82, 2.24) is 4.90 Å². The Hall–Kier alpha value is -2.64. The summed E-state index contributed by atoms with van der Waals surface area (Å²) in [5.41, 5.74) is 7.13. The monoisotopic (exact) mass is 353 g/mol. The highest BCUT2D eigenvalue weighted by Crippen LogP contribution is 2.30. The Kier molecular flexibility index (Phi) is 5.50. The maximum absolute atomic E-state index is 2.57. The molecule has 1 unspecified atom stereocenters. The van der Waals surface area contributed by atoms with Crippen molar-refractivity contribution in [3.8, 4) is 0 Å². The SMILES string of the molecule is CC(c1ccccc1)N1CC=C(c2ccccc2Cc2ccccc2)CC1. The van der Waals surface area contributed by atoms with Gasteiger partial charge in [-0.2, -0.15) is 0 Å². The number of benzene rings is 3. The summed E-state index contributed by atoms with van der Waals surface area (Å²) in [6.45, 7) is 4.45. The van der Waals surface area contributed by atoms with Gasteiger partial charge in [0, 0.05) is 19.1 Å². The van der Waals surface area contributed by atoms with Crippen LogP contribution < -0.4 is 0 Å². The van der Waals surface area contributed by atoms with Gasteiger partial charge in [0.05, 0.1) is 0 Å². The summed E-state index contributed by atoms with van der Waals surface area (Å²) in [7, 11) is 0. The van der Waals surface area contributed by atoms with Gasteiger partial charge in [-0.15, -0.1) is 0 Å². The van der Waals surface area contributed by atoms with E-state index in [-0.39, 0.29) is 0 Å². The normalized spacial score (nSPS) is 16.0. The molecule has 136 valence electrons. The average molecular weight is 354 g/mol. The Morgan fingerprint density at radius 3 is 2.19 bits per heavy atom. The fourth-order valence-corrected chi connectivity index (χ4v) is 4.03. The maximum Gasteiger partial charge on any atom is 0.0323 e. The van der Waals surface area contributed by atoms with Crippen LogP contribution in [0.2, 0.25) is 0 Å². The fraction of sp³-hybridized carbons (Fsp3) is 0.231. The highest BCUT2D eigenvalue weighted by atomic mass is 15.1. The molecule has 0 saturated carbocycles. The summed E-state index contributed by atoms with van der Waals surface area (Å²) in [4.78, 5) is 2.57. The molecule has 0 fully saturated rings. The van der Waals surface area contributed by atoms with Crippen molar-refractivity contribution in [1.29, 1.82) is 0 Å². The molecule has 3 aromatic rings. The van der Waals surface area contributed by atoms with Gasteiger partial charge in [-0.3, -0.25) is 4.90 Å². The van der Waals surface area contributed by atoms with Gasteiger partial charge in [-0.05, 0) is 47.6 Å². The van der Waals surface area contributed by atoms with E-state index >= 15 is 0 Å². The van der Waals surface area contributed by atoms with Crippen LogP contribution in [-0.2, 0) is 6.42 Å². The molecule has 1 atom stereocenters. The smallest absolute Gasteiger partial charge is 0.0323 e. The maximum atomic E-state index is 2.57. The van der Waals surface area contributed by atoms with Crippen LogP contribution in [0.4, 0.5) is 0 Å². The minimum Gasteiger partial charge on any atom is -0.293 e. The second-order valence-electron chi connectivity index (χ2n) is 7.38. The quantitative estimate of drug-likeness (QED) is 0.533. The lowest BCUT2D eigenvalue weighted by Crippen LogP contribution is -2.31. The summed E-state index contributed by atoms with van der Waals surface area (Å²) in [6, 6.07) is 31.0. The van der Waals surface area contributed by atoms with E-state index in [0.29, 0.717) is 6.04 Å². The molecule has 0 N–H and O–H groups in total. The molecule has 0 radical (unpaired) electrons. The van der Waals surface area contributed by atoms with E-state index in [1.165, 1.54) is 27.8 Å². The Bertz CT molecular complexity index is 896. The number of nitrogens with zero attached hydrogens (tertiary/aromatic N) is 1. The molecule has 0 aromatic heterocycles. The lowest BCUT2D eigenvalue weighted by Gasteiger charge is -2.32. The molecule has 4 rings (SSSR count). The summed E-state index contributed by atoms with van der Waals surface area (Å²) in [6.07, 6.45) is 4.55. The highest BCUT2D eigenvalue weighted by Gasteiger charge is 2.20. The first-order valence-corrected chi connectivity index (χ1v) is 9.91. The van der Waals surface area contributed by atoms with E-state index in [0.717, 1.165) is 25.9 Å². The topological polar surface area (TPSA) is 3.24 Å². The zero-order chi connectivity index (χ0) is 18.5. The second-order valence-corrected chi connectivity index (χ2v) is 7.38. The number of rotatable bonds is 5. The average Bonchev–Trinajstić information content (AvgIpc) is 2.75. The number of hydrogen-bond acceptors (Lipinski definition) is 1. The molecule has 0 amide bonds. The lowest BCUT2D eigenvalue weighted by molar-refractivity contribution is 0.233. The zero-order valence-corrected chi connectivity index (χ0v) is 16.0. The van der Waals surface area contributed by atoms with Crippen molar-refractivity contribution in [2.24, 2.45) is 0 Å². The van der Waals surface area contributed by atoms with Crippen molar-refractivity contribution >= 4 is 5.57 Å². The minimum absolute atomic E-state index is 0.462. The zero-order valence-electron chi connectivity index (χ0n) is 16.0. The molecule has 27 heavy (non-hydrogen) atoms. The van der Waals surface area contributed by atoms with E-state index in [2.05, 4.69) is 103 Å². The molecule has 1 nitrogen and oxygen atoms in total. The van der Waals surface area contributed by atoms with E-state index in [9.17, 15) is 0 Å². The first-order valence-electron chi connectivity index (χ1n) is 9.91. The summed E-state index contributed by atoms with van der Waals surface area (Å²) in [5, 5.41) is 0. The molecule has 0 spiro atoms. The van der Waals surface area contributed by atoms with Crippen molar-refractivity contribution < 1.29 is 0 Å². The fourth-order valence-electron chi connectivity index (χ4n) is 4.03. The Balaban J connectivity index is 1.51. The molecule has 0 bridgehead atoms. The van der Waals surface area contributed by atoms with Crippen molar-refractivity contribution in [3.63, 3.8) is 0 Å². The van der Waals surface area contributed by atoms with E-state index < -0.39 is 0 Å². The minimum atomic E-state index is 0.462. The van der Waals surface area contributed by atoms with Gasteiger partial charge >= 0.3 is 0 Å². The van der Waals surface area contributed by atoms with Crippen LogP contribution in [-0.4, -0.2) is 18.0 Å². The van der Waals surface area contributed by atoms with Gasteiger partial charge in [0.1, 0.15) is 0 Å². The molecule has 1 heteroatoms. The van der Waals surface area contributed by atoms with Crippen LogP contribution in [0, 0.1) is 0 Å². The molecular weight excluding hydrogens is 326 g/mol. The summed E-state index contributed by atoms with van der Waals surface area (Å²) < 4.78 is 0. The molecule has 0 aliphatic carbocycles. The lowest BCUT2D eigenvalue weighted by atomic mass is 9.91. The molecular formula is C26H27N. The first-order chi connectivity index (χ1) is 13.3. The van der Waals surface area contributed by atoms with Gasteiger partial charge in [0.25, 0.3) is 0 Å². The summed E-state index contributed by atoms with van der Waals surface area (Å²) >= 11 is 0. The van der Waals surface area contributed by atoms with Gasteiger partial charge in [-0.25, -0.2) is 0 Å². The van der Waals surface area contributed by atoms with Gasteiger partial charge in [-0.1, -0.05) is 91.0 Å². The molecule has 1 aliphatic rings. The predicted molar refractivity (Wildman–Crippen MR) is 115 cm³/mol. The van der Waals surface area contributed by atoms with Crippen molar-refractivity contribution in [3.05, 3.63) is 113 Å². The third kappa shape index (κ3) is 4.20. The summed E-state index contributed by atoms with van der Waals surface area (Å²) in [5.74, 6) is 0. The number of hydrogen-bond donors (Lipinski definition) is 0. The van der Waals surface area contributed by atoms with Crippen LogP contribution in [0.25, 0.3) is 5.57 Å². The molecule has 3 aromatic carbocycles. The Morgan fingerprint density at radius 1 is 0.815 bits per heavy atom. The third-order valence-electron chi connectivity index (χ3n) is 5.67. The van der Waals surface area contributed by atoms with Crippen LogP contribution in [0.5, 0.6) is 0 Å². The standard InChI is InChI=1S/C26H27N/c1-21(23-12-6-3-7-13-23)27-18-16-24(17-19-27)26-15-9-8-14-25(26)20-22-10-4-2-5-11-22/h2-16,21H,17-20H2,1H3. The van der Waals surface area contributed by atoms with Gasteiger partial charge in [0.2, 0.25) is 0 Å². The Labute approximate surface area is 163 Å². The van der Waals surface area contributed by atoms with Crippen molar-refractivity contribution in [2.75, 3.05) is 13.1 Å². The Morgan fingerprint density at radius 2 is 1.48 bits per heavy atom.